The molecule has 0 amide bonds. The number of hydrogen-bond acceptors (Lipinski definition) is 1. The van der Waals surface area contributed by atoms with Crippen LogP contribution < -0.4 is 0 Å². The fourth-order valence-corrected chi connectivity index (χ4v) is 7.23. The normalized spacial score (nSPS) is 13.9. The van der Waals surface area contributed by atoms with E-state index in [1.54, 1.807) is 0 Å². The lowest BCUT2D eigenvalue weighted by Crippen LogP contribution is -2.24. The van der Waals surface area contributed by atoms with Gasteiger partial charge in [-0.2, -0.15) is 0 Å². The first-order valence-corrected chi connectivity index (χ1v) is 14.7. The minimum absolute atomic E-state index is 0.0731. The fraction of sp³-hybridized carbons (Fsp3) is 0.324. The third-order valence-corrected chi connectivity index (χ3v) is 9.14. The number of aryl methyl sites for hydroxylation is 1. The quantitative estimate of drug-likeness (QED) is 0.221. The lowest BCUT2D eigenvalue weighted by Gasteiger charge is -2.31. The van der Waals surface area contributed by atoms with Gasteiger partial charge >= 0.3 is 0 Å². The van der Waals surface area contributed by atoms with Crippen molar-refractivity contribution in [3.05, 3.63) is 107 Å². The summed E-state index contributed by atoms with van der Waals surface area (Å²) in [6.45, 7) is 16.2. The van der Waals surface area contributed by atoms with Crippen LogP contribution >= 0.6 is 0 Å². The number of benzene rings is 4. The monoisotopic (exact) mass is 512 g/mol. The number of nitrogens with zero attached hydrogens (tertiary/aromatic N) is 2. The summed E-state index contributed by atoms with van der Waals surface area (Å²) in [6, 6.07) is 29.3. The number of fused-ring (bicyclic) bond motifs is 4. The van der Waals surface area contributed by atoms with Gasteiger partial charge in [0.25, 0.3) is 0 Å². The Kier molecular flexibility index (Phi) is 6.25. The first kappa shape index (κ1) is 25.6. The second kappa shape index (κ2) is 9.52. The predicted molar refractivity (Wildman–Crippen MR) is 166 cm³/mol. The van der Waals surface area contributed by atoms with Gasteiger partial charge in [0.05, 0.1) is 16.7 Å². The zero-order valence-electron chi connectivity index (χ0n) is 24.5. The van der Waals surface area contributed by atoms with Gasteiger partial charge in [0.2, 0.25) is 0 Å². The van der Waals surface area contributed by atoms with Gasteiger partial charge in [0.1, 0.15) is 5.82 Å². The van der Waals surface area contributed by atoms with Gasteiger partial charge in [0.15, 0.2) is 0 Å². The van der Waals surface area contributed by atoms with E-state index in [0.717, 1.165) is 29.7 Å². The van der Waals surface area contributed by atoms with E-state index in [0.29, 0.717) is 11.8 Å². The third-order valence-electron chi connectivity index (χ3n) is 9.14. The van der Waals surface area contributed by atoms with E-state index in [-0.39, 0.29) is 5.41 Å². The second-order valence-corrected chi connectivity index (χ2v) is 11.9. The van der Waals surface area contributed by atoms with Crippen molar-refractivity contribution in [1.82, 2.24) is 9.55 Å². The zero-order valence-corrected chi connectivity index (χ0v) is 24.5. The standard InChI is InChI=1S/C37H40N2/c1-8-37(9-2)31-18-11-10-15-29(31)30-22-26(21-25(7)34(30)37)36-38-32-19-12-13-20-33(32)39(36)35-27(23(3)4)16-14-17-28(35)24(5)6/h10-24H,8-9H2,1-7H3. The summed E-state index contributed by atoms with van der Waals surface area (Å²) in [5, 5.41) is 0. The molecule has 0 unspecified atom stereocenters. The lowest BCUT2D eigenvalue weighted by atomic mass is 9.72. The Bertz CT molecular complexity index is 1670. The van der Waals surface area contributed by atoms with Crippen molar-refractivity contribution in [3.63, 3.8) is 0 Å². The van der Waals surface area contributed by atoms with Crippen LogP contribution in [0.25, 0.3) is 39.2 Å². The highest BCUT2D eigenvalue weighted by Gasteiger charge is 2.41. The highest BCUT2D eigenvalue weighted by atomic mass is 15.1. The second-order valence-electron chi connectivity index (χ2n) is 11.9. The molecule has 1 heterocycles. The van der Waals surface area contributed by atoms with Gasteiger partial charge in [-0.3, -0.25) is 4.57 Å². The van der Waals surface area contributed by atoms with Crippen LogP contribution in [-0.2, 0) is 5.41 Å². The van der Waals surface area contributed by atoms with E-state index in [1.807, 2.05) is 0 Å². The van der Waals surface area contributed by atoms with Gasteiger partial charge in [-0.05, 0) is 94.8 Å². The fourth-order valence-electron chi connectivity index (χ4n) is 7.23. The molecular formula is C37H40N2. The summed E-state index contributed by atoms with van der Waals surface area (Å²) in [4.78, 5) is 5.32. The van der Waals surface area contributed by atoms with Crippen molar-refractivity contribution < 1.29 is 0 Å². The van der Waals surface area contributed by atoms with Crippen LogP contribution in [-0.4, -0.2) is 9.55 Å². The smallest absolute Gasteiger partial charge is 0.145 e. The maximum Gasteiger partial charge on any atom is 0.145 e. The molecule has 4 aromatic carbocycles. The average molecular weight is 513 g/mol. The first-order chi connectivity index (χ1) is 18.8. The molecule has 5 aromatic rings. The Morgan fingerprint density at radius 2 is 1.38 bits per heavy atom. The number of imidazole rings is 1. The highest BCUT2D eigenvalue weighted by Crippen LogP contribution is 2.54. The van der Waals surface area contributed by atoms with E-state index in [9.17, 15) is 0 Å². The molecule has 1 aromatic heterocycles. The largest absolute Gasteiger partial charge is 0.292 e. The number of hydrogen-bond donors (Lipinski definition) is 0. The van der Waals surface area contributed by atoms with Gasteiger partial charge in [0, 0.05) is 11.0 Å². The van der Waals surface area contributed by atoms with Crippen LogP contribution in [0.15, 0.2) is 78.9 Å². The molecule has 2 nitrogen and oxygen atoms in total. The van der Waals surface area contributed by atoms with Gasteiger partial charge in [-0.25, -0.2) is 4.98 Å². The molecule has 39 heavy (non-hydrogen) atoms. The van der Waals surface area contributed by atoms with Gasteiger partial charge < -0.3 is 0 Å². The third kappa shape index (κ3) is 3.72. The molecule has 0 spiro atoms. The lowest BCUT2D eigenvalue weighted by molar-refractivity contribution is 0.488. The van der Waals surface area contributed by atoms with Crippen LogP contribution in [0.3, 0.4) is 0 Å². The Morgan fingerprint density at radius 1 is 0.744 bits per heavy atom. The van der Waals surface area contributed by atoms with Gasteiger partial charge in [-0.15, -0.1) is 0 Å². The molecule has 0 radical (unpaired) electrons. The molecule has 0 saturated heterocycles. The van der Waals surface area contributed by atoms with E-state index >= 15 is 0 Å². The van der Waals surface area contributed by atoms with E-state index in [1.165, 1.54) is 50.2 Å². The molecule has 2 heteroatoms. The minimum atomic E-state index is 0.0731. The maximum atomic E-state index is 5.32. The molecule has 0 saturated carbocycles. The zero-order chi connectivity index (χ0) is 27.5. The Morgan fingerprint density at radius 3 is 2.05 bits per heavy atom. The summed E-state index contributed by atoms with van der Waals surface area (Å²) >= 11 is 0. The van der Waals surface area contributed by atoms with Crippen LogP contribution in [0, 0.1) is 6.92 Å². The number of aromatic nitrogens is 2. The molecule has 0 bridgehead atoms. The Hall–Kier alpha value is -3.65. The molecule has 1 aliphatic carbocycles. The Labute approximate surface area is 233 Å². The number of para-hydroxylation sites is 3. The highest BCUT2D eigenvalue weighted by molar-refractivity contribution is 5.89. The van der Waals surface area contributed by atoms with Crippen LogP contribution in [0.4, 0.5) is 0 Å². The molecule has 0 atom stereocenters. The van der Waals surface area contributed by atoms with Crippen molar-refractivity contribution in [2.24, 2.45) is 0 Å². The van der Waals surface area contributed by atoms with E-state index in [2.05, 4.69) is 132 Å². The molecule has 198 valence electrons. The number of rotatable bonds is 6. The molecule has 0 fully saturated rings. The summed E-state index contributed by atoms with van der Waals surface area (Å²) in [7, 11) is 0. The predicted octanol–water partition coefficient (Wildman–Crippen LogP) is 10.3. The first-order valence-electron chi connectivity index (χ1n) is 14.7. The average Bonchev–Trinajstić information content (AvgIpc) is 3.47. The van der Waals surface area contributed by atoms with Crippen LogP contribution in [0.1, 0.15) is 94.0 Å². The summed E-state index contributed by atoms with van der Waals surface area (Å²) in [5.41, 5.74) is 14.6. The van der Waals surface area contributed by atoms with Crippen molar-refractivity contribution in [2.45, 2.75) is 78.6 Å². The van der Waals surface area contributed by atoms with E-state index in [4.69, 9.17) is 4.98 Å². The summed E-state index contributed by atoms with van der Waals surface area (Å²) in [5.74, 6) is 1.83. The molecule has 0 N–H and O–H groups in total. The van der Waals surface area contributed by atoms with Crippen molar-refractivity contribution >= 4 is 11.0 Å². The molecule has 1 aliphatic rings. The van der Waals surface area contributed by atoms with Crippen molar-refractivity contribution in [1.29, 1.82) is 0 Å². The maximum absolute atomic E-state index is 5.32. The topological polar surface area (TPSA) is 17.8 Å². The Balaban J connectivity index is 1.70. The van der Waals surface area contributed by atoms with Crippen molar-refractivity contribution in [2.75, 3.05) is 0 Å². The minimum Gasteiger partial charge on any atom is -0.292 e. The SMILES string of the molecule is CCC1(CC)c2ccccc2-c2cc(-c3nc4ccccc4n3-c3c(C(C)C)cccc3C(C)C)cc(C)c21. The van der Waals surface area contributed by atoms with Crippen molar-refractivity contribution in [3.8, 4) is 28.2 Å². The summed E-state index contributed by atoms with van der Waals surface area (Å²) in [6.07, 6.45) is 2.21. The van der Waals surface area contributed by atoms with E-state index < -0.39 is 0 Å². The van der Waals surface area contributed by atoms with Crippen LogP contribution in [0.2, 0.25) is 0 Å². The molecular weight excluding hydrogens is 472 g/mol. The molecule has 6 rings (SSSR count). The van der Waals surface area contributed by atoms with Gasteiger partial charge in [-0.1, -0.05) is 96.1 Å². The summed E-state index contributed by atoms with van der Waals surface area (Å²) < 4.78 is 2.45. The molecule has 0 aliphatic heterocycles. The van der Waals surface area contributed by atoms with Crippen LogP contribution in [0.5, 0.6) is 0 Å².